The molecule has 0 aliphatic rings. The van der Waals surface area contributed by atoms with E-state index in [1.165, 1.54) is 6.92 Å². The van der Waals surface area contributed by atoms with Crippen molar-refractivity contribution in [2.45, 2.75) is 6.92 Å². The second-order valence-electron chi connectivity index (χ2n) is 1.99. The predicted octanol–water partition coefficient (Wildman–Crippen LogP) is 2.59. The molecule has 3 heteroatoms. The van der Waals surface area contributed by atoms with E-state index in [0.29, 0.717) is 0 Å². The van der Waals surface area contributed by atoms with Gasteiger partial charge in [0.25, 0.3) is 0 Å². The van der Waals surface area contributed by atoms with Crippen LogP contribution >= 0.6 is 11.6 Å². The zero-order valence-electron chi connectivity index (χ0n) is 7.17. The van der Waals surface area contributed by atoms with Gasteiger partial charge in [-0.15, -0.1) is 0 Å². The maximum Gasteiger partial charge on any atom is 0.116 e. The molecule has 0 spiro atoms. The standard InChI is InChI=1S/C7H8ClN.C2H4O/c1-9-7-4-2-6(8)3-5-7;1-2-3/h2-5,9H,1H3;2H,1H3. The van der Waals surface area contributed by atoms with Crippen LogP contribution in [0.5, 0.6) is 0 Å². The van der Waals surface area contributed by atoms with Crippen LogP contribution < -0.4 is 5.32 Å². The minimum absolute atomic E-state index is 0.750. The third-order valence-electron chi connectivity index (χ3n) is 1.13. The molecule has 1 N–H and O–H groups in total. The van der Waals surface area contributed by atoms with Gasteiger partial charge in [0, 0.05) is 17.8 Å². The number of halogens is 1. The molecule has 12 heavy (non-hydrogen) atoms. The normalized spacial score (nSPS) is 7.92. The van der Waals surface area contributed by atoms with Crippen molar-refractivity contribution in [2.24, 2.45) is 0 Å². The van der Waals surface area contributed by atoms with Crippen LogP contribution in [-0.2, 0) is 4.79 Å². The van der Waals surface area contributed by atoms with Gasteiger partial charge in [0.2, 0.25) is 0 Å². The van der Waals surface area contributed by atoms with Crippen molar-refractivity contribution in [1.82, 2.24) is 0 Å². The minimum atomic E-state index is 0.750. The zero-order chi connectivity index (χ0) is 9.40. The Morgan fingerprint density at radius 2 is 1.75 bits per heavy atom. The van der Waals surface area contributed by atoms with Gasteiger partial charge in [-0.1, -0.05) is 11.6 Å². The number of rotatable bonds is 1. The first kappa shape index (κ1) is 11.0. The van der Waals surface area contributed by atoms with Crippen LogP contribution in [0, 0.1) is 0 Å². The Hall–Kier alpha value is -1.02. The van der Waals surface area contributed by atoms with Crippen LogP contribution in [-0.4, -0.2) is 13.3 Å². The zero-order valence-corrected chi connectivity index (χ0v) is 7.93. The third-order valence-corrected chi connectivity index (χ3v) is 1.38. The van der Waals surface area contributed by atoms with Gasteiger partial charge < -0.3 is 10.1 Å². The third kappa shape index (κ3) is 4.74. The highest BCUT2D eigenvalue weighted by atomic mass is 35.5. The van der Waals surface area contributed by atoms with E-state index in [0.717, 1.165) is 17.0 Å². The molecule has 2 nitrogen and oxygen atoms in total. The Kier molecular flexibility index (Phi) is 6.11. The summed E-state index contributed by atoms with van der Waals surface area (Å²) in [6, 6.07) is 7.57. The van der Waals surface area contributed by atoms with E-state index in [4.69, 9.17) is 16.4 Å². The molecule has 0 aliphatic carbocycles. The molecule has 1 aromatic rings. The van der Waals surface area contributed by atoms with Gasteiger partial charge in [0.15, 0.2) is 0 Å². The summed E-state index contributed by atoms with van der Waals surface area (Å²) in [6.07, 6.45) is 0.750. The van der Waals surface area contributed by atoms with E-state index in [1.807, 2.05) is 31.3 Å². The highest BCUT2D eigenvalue weighted by Crippen LogP contribution is 2.11. The smallest absolute Gasteiger partial charge is 0.116 e. The average Bonchev–Trinajstić information content (AvgIpc) is 2.07. The first-order valence-corrected chi connectivity index (χ1v) is 3.95. The SMILES string of the molecule is CC=O.CNc1ccc(Cl)cc1. The van der Waals surface area contributed by atoms with Crippen molar-refractivity contribution < 1.29 is 4.79 Å². The van der Waals surface area contributed by atoms with Crippen LogP contribution in [0.1, 0.15) is 6.92 Å². The minimum Gasteiger partial charge on any atom is -0.388 e. The largest absolute Gasteiger partial charge is 0.388 e. The molecular formula is C9H12ClNO. The monoisotopic (exact) mass is 185 g/mol. The summed E-state index contributed by atoms with van der Waals surface area (Å²) < 4.78 is 0. The van der Waals surface area contributed by atoms with E-state index in [2.05, 4.69) is 5.32 Å². The van der Waals surface area contributed by atoms with Crippen molar-refractivity contribution in [1.29, 1.82) is 0 Å². The molecule has 0 fully saturated rings. The van der Waals surface area contributed by atoms with E-state index >= 15 is 0 Å². The lowest BCUT2D eigenvalue weighted by molar-refractivity contribution is -0.106. The Labute approximate surface area is 77.5 Å². The van der Waals surface area contributed by atoms with Crippen LogP contribution in [0.2, 0.25) is 5.02 Å². The molecule has 1 rings (SSSR count). The summed E-state index contributed by atoms with van der Waals surface area (Å²) in [7, 11) is 1.88. The molecule has 0 heterocycles. The van der Waals surface area contributed by atoms with E-state index in [-0.39, 0.29) is 0 Å². The van der Waals surface area contributed by atoms with Gasteiger partial charge in [0.05, 0.1) is 0 Å². The number of carbonyl (C=O) groups excluding carboxylic acids is 1. The summed E-state index contributed by atoms with van der Waals surface area (Å²) in [5.41, 5.74) is 1.08. The predicted molar refractivity (Wildman–Crippen MR) is 52.7 cm³/mol. The fourth-order valence-electron chi connectivity index (χ4n) is 0.617. The number of hydrogen-bond donors (Lipinski definition) is 1. The molecule has 0 saturated heterocycles. The van der Waals surface area contributed by atoms with E-state index in [1.54, 1.807) is 0 Å². The highest BCUT2D eigenvalue weighted by Gasteiger charge is 1.85. The fourth-order valence-corrected chi connectivity index (χ4v) is 0.743. The summed E-state index contributed by atoms with van der Waals surface area (Å²) in [5, 5.41) is 3.77. The van der Waals surface area contributed by atoms with Crippen LogP contribution in [0.4, 0.5) is 5.69 Å². The van der Waals surface area contributed by atoms with Gasteiger partial charge in [-0.25, -0.2) is 0 Å². The maximum atomic E-state index is 8.81. The number of aldehydes is 1. The topological polar surface area (TPSA) is 29.1 Å². The molecule has 0 unspecified atom stereocenters. The molecule has 1 aromatic carbocycles. The van der Waals surface area contributed by atoms with Gasteiger partial charge in [-0.2, -0.15) is 0 Å². The highest BCUT2D eigenvalue weighted by molar-refractivity contribution is 6.30. The second kappa shape index (κ2) is 6.68. The maximum absolute atomic E-state index is 8.81. The molecule has 0 radical (unpaired) electrons. The Morgan fingerprint density at radius 3 is 2.08 bits per heavy atom. The molecule has 0 bridgehead atoms. The van der Waals surface area contributed by atoms with Gasteiger partial charge in [0.1, 0.15) is 6.29 Å². The van der Waals surface area contributed by atoms with E-state index < -0.39 is 0 Å². The molecule has 0 atom stereocenters. The second-order valence-corrected chi connectivity index (χ2v) is 2.43. The molecule has 0 amide bonds. The number of benzene rings is 1. The van der Waals surface area contributed by atoms with Crippen molar-refractivity contribution in [3.8, 4) is 0 Å². The van der Waals surface area contributed by atoms with Gasteiger partial charge in [-0.3, -0.25) is 0 Å². The van der Waals surface area contributed by atoms with Crippen molar-refractivity contribution in [3.05, 3.63) is 29.3 Å². The summed E-state index contributed by atoms with van der Waals surface area (Å²) in [5.74, 6) is 0. The Balaban J connectivity index is 0.000000354. The van der Waals surface area contributed by atoms with Crippen molar-refractivity contribution in [2.75, 3.05) is 12.4 Å². The molecule has 66 valence electrons. The Morgan fingerprint density at radius 1 is 1.33 bits per heavy atom. The quantitative estimate of drug-likeness (QED) is 0.682. The van der Waals surface area contributed by atoms with Crippen LogP contribution in [0.25, 0.3) is 0 Å². The lowest BCUT2D eigenvalue weighted by Crippen LogP contribution is -1.84. The molecule has 0 aliphatic heterocycles. The molecular weight excluding hydrogens is 174 g/mol. The fraction of sp³-hybridized carbons (Fsp3) is 0.222. The van der Waals surface area contributed by atoms with Crippen LogP contribution in [0.15, 0.2) is 24.3 Å². The lowest BCUT2D eigenvalue weighted by atomic mass is 10.3. The summed E-state index contributed by atoms with van der Waals surface area (Å²) in [6.45, 7) is 1.44. The van der Waals surface area contributed by atoms with E-state index in [9.17, 15) is 0 Å². The average molecular weight is 186 g/mol. The first-order chi connectivity index (χ1) is 5.74. The molecule has 0 saturated carbocycles. The van der Waals surface area contributed by atoms with Gasteiger partial charge >= 0.3 is 0 Å². The van der Waals surface area contributed by atoms with Crippen LogP contribution in [0.3, 0.4) is 0 Å². The number of anilines is 1. The number of nitrogens with one attached hydrogen (secondary N) is 1. The summed E-state index contributed by atoms with van der Waals surface area (Å²) in [4.78, 5) is 8.81. The Bertz CT molecular complexity index is 220. The van der Waals surface area contributed by atoms with Crippen molar-refractivity contribution >= 4 is 23.6 Å². The number of carbonyl (C=O) groups is 1. The van der Waals surface area contributed by atoms with Gasteiger partial charge in [-0.05, 0) is 31.2 Å². The van der Waals surface area contributed by atoms with Crippen molar-refractivity contribution in [3.63, 3.8) is 0 Å². The summed E-state index contributed by atoms with van der Waals surface area (Å²) >= 11 is 5.64. The first-order valence-electron chi connectivity index (χ1n) is 3.57. The molecule has 0 aromatic heterocycles. The lowest BCUT2D eigenvalue weighted by Gasteiger charge is -1.96. The number of hydrogen-bond acceptors (Lipinski definition) is 2.